The predicted molar refractivity (Wildman–Crippen MR) is 109 cm³/mol. The Bertz CT molecular complexity index is 839. The van der Waals surface area contributed by atoms with Gasteiger partial charge >= 0.3 is 5.97 Å². The first kappa shape index (κ1) is 19.3. The third-order valence-corrected chi connectivity index (χ3v) is 4.59. The maximum absolute atomic E-state index is 11.6. The van der Waals surface area contributed by atoms with Crippen molar-refractivity contribution in [2.75, 3.05) is 48.4 Å². The number of carbonyl (C=O) groups excluding carboxylic acids is 1. The second-order valence-electron chi connectivity index (χ2n) is 6.38. The lowest BCUT2D eigenvalue weighted by atomic mass is 10.2. The highest BCUT2D eigenvalue weighted by atomic mass is 16.5. The molecular weight excluding hydrogens is 358 g/mol. The van der Waals surface area contributed by atoms with Crippen molar-refractivity contribution in [3.05, 3.63) is 60.7 Å². The van der Waals surface area contributed by atoms with Crippen LogP contribution < -0.4 is 19.9 Å². The lowest BCUT2D eigenvalue weighted by molar-refractivity contribution is -0.131. The van der Waals surface area contributed by atoms with E-state index in [2.05, 4.69) is 27.2 Å². The van der Waals surface area contributed by atoms with Gasteiger partial charge in [-0.15, -0.1) is 0 Å². The van der Waals surface area contributed by atoms with Crippen molar-refractivity contribution >= 4 is 28.9 Å². The first-order valence-electron chi connectivity index (χ1n) is 9.01. The molecule has 2 aromatic carbocycles. The van der Waals surface area contributed by atoms with Crippen LogP contribution in [0.3, 0.4) is 0 Å². The van der Waals surface area contributed by atoms with Crippen LogP contribution in [-0.2, 0) is 9.59 Å². The molecule has 28 heavy (non-hydrogen) atoms. The molecule has 3 rings (SSSR count). The summed E-state index contributed by atoms with van der Waals surface area (Å²) in [5, 5.41) is 11.2. The molecule has 0 aliphatic carbocycles. The normalized spacial score (nSPS) is 14.2. The summed E-state index contributed by atoms with van der Waals surface area (Å²) in [4.78, 5) is 26.7. The number of benzene rings is 2. The molecule has 0 unspecified atom stereocenters. The SMILES string of the molecule is COc1ccc(N2CCN(c3ccc(NC(=O)/C=C\C(=O)O)cc3)CC2)cc1. The minimum atomic E-state index is -1.15. The molecule has 1 saturated heterocycles. The highest BCUT2D eigenvalue weighted by Gasteiger charge is 2.17. The molecule has 0 spiro atoms. The van der Waals surface area contributed by atoms with Crippen LogP contribution in [0.25, 0.3) is 0 Å². The lowest BCUT2D eigenvalue weighted by Gasteiger charge is -2.37. The number of hydrogen-bond acceptors (Lipinski definition) is 5. The van der Waals surface area contributed by atoms with Crippen molar-refractivity contribution in [3.63, 3.8) is 0 Å². The van der Waals surface area contributed by atoms with Crippen LogP contribution in [0, 0.1) is 0 Å². The van der Waals surface area contributed by atoms with Crippen LogP contribution in [0.4, 0.5) is 17.1 Å². The zero-order valence-electron chi connectivity index (χ0n) is 15.7. The molecule has 1 amide bonds. The molecule has 2 aromatic rings. The molecule has 1 fully saturated rings. The summed E-state index contributed by atoms with van der Waals surface area (Å²) >= 11 is 0. The van der Waals surface area contributed by atoms with E-state index in [9.17, 15) is 9.59 Å². The third-order valence-electron chi connectivity index (χ3n) is 4.59. The summed E-state index contributed by atoms with van der Waals surface area (Å²) in [6.45, 7) is 3.65. The summed E-state index contributed by atoms with van der Waals surface area (Å²) in [5.41, 5.74) is 2.90. The van der Waals surface area contributed by atoms with Gasteiger partial charge in [-0.25, -0.2) is 4.79 Å². The second kappa shape index (κ2) is 8.94. The molecule has 0 saturated carbocycles. The van der Waals surface area contributed by atoms with Crippen LogP contribution in [-0.4, -0.2) is 50.3 Å². The number of carboxylic acids is 1. The van der Waals surface area contributed by atoms with Gasteiger partial charge < -0.3 is 25.0 Å². The van der Waals surface area contributed by atoms with Gasteiger partial charge in [0.25, 0.3) is 0 Å². The maximum Gasteiger partial charge on any atom is 0.328 e. The minimum Gasteiger partial charge on any atom is -0.497 e. The van der Waals surface area contributed by atoms with Gasteiger partial charge in [0, 0.05) is 55.4 Å². The van der Waals surface area contributed by atoms with Gasteiger partial charge in [-0.1, -0.05) is 0 Å². The Morgan fingerprint density at radius 2 is 1.39 bits per heavy atom. The number of aliphatic carboxylic acids is 1. The van der Waals surface area contributed by atoms with Gasteiger partial charge in [0.15, 0.2) is 0 Å². The Morgan fingerprint density at radius 3 is 1.86 bits per heavy atom. The van der Waals surface area contributed by atoms with Crippen molar-refractivity contribution in [3.8, 4) is 5.75 Å². The smallest absolute Gasteiger partial charge is 0.328 e. The van der Waals surface area contributed by atoms with Gasteiger partial charge in [0.05, 0.1) is 7.11 Å². The van der Waals surface area contributed by atoms with Crippen molar-refractivity contribution in [2.45, 2.75) is 0 Å². The van der Waals surface area contributed by atoms with E-state index in [1.165, 1.54) is 5.69 Å². The van der Waals surface area contributed by atoms with E-state index in [4.69, 9.17) is 9.84 Å². The topological polar surface area (TPSA) is 82.1 Å². The highest BCUT2D eigenvalue weighted by molar-refractivity contribution is 6.02. The number of nitrogens with zero attached hydrogens (tertiary/aromatic N) is 2. The number of hydrogen-bond donors (Lipinski definition) is 2. The molecule has 1 heterocycles. The first-order chi connectivity index (χ1) is 13.5. The quantitative estimate of drug-likeness (QED) is 0.749. The fourth-order valence-electron chi connectivity index (χ4n) is 3.10. The molecule has 0 aromatic heterocycles. The van der Waals surface area contributed by atoms with Crippen LogP contribution in [0.2, 0.25) is 0 Å². The number of anilines is 3. The number of ether oxygens (including phenoxy) is 1. The average Bonchev–Trinajstić information content (AvgIpc) is 2.73. The van der Waals surface area contributed by atoms with Crippen molar-refractivity contribution in [2.24, 2.45) is 0 Å². The molecule has 0 atom stereocenters. The Labute approximate surface area is 163 Å². The van der Waals surface area contributed by atoms with Gasteiger partial charge in [-0.3, -0.25) is 4.79 Å². The summed E-state index contributed by atoms with van der Waals surface area (Å²) in [6.07, 6.45) is 1.81. The average molecular weight is 381 g/mol. The van der Waals surface area contributed by atoms with E-state index in [0.29, 0.717) is 5.69 Å². The molecule has 7 nitrogen and oxygen atoms in total. The van der Waals surface area contributed by atoms with E-state index in [-0.39, 0.29) is 0 Å². The molecule has 2 N–H and O–H groups in total. The van der Waals surface area contributed by atoms with E-state index < -0.39 is 11.9 Å². The summed E-state index contributed by atoms with van der Waals surface area (Å²) in [6, 6.07) is 15.6. The fourth-order valence-corrected chi connectivity index (χ4v) is 3.10. The van der Waals surface area contributed by atoms with Crippen molar-refractivity contribution in [1.82, 2.24) is 0 Å². The van der Waals surface area contributed by atoms with E-state index in [0.717, 1.165) is 49.8 Å². The van der Waals surface area contributed by atoms with Gasteiger partial charge in [-0.2, -0.15) is 0 Å². The van der Waals surface area contributed by atoms with E-state index >= 15 is 0 Å². The molecule has 7 heteroatoms. The van der Waals surface area contributed by atoms with E-state index in [1.54, 1.807) is 7.11 Å². The maximum atomic E-state index is 11.6. The zero-order chi connectivity index (χ0) is 19.9. The zero-order valence-corrected chi connectivity index (χ0v) is 15.7. The molecule has 1 aliphatic heterocycles. The van der Waals surface area contributed by atoms with Crippen LogP contribution >= 0.6 is 0 Å². The van der Waals surface area contributed by atoms with Crippen molar-refractivity contribution < 1.29 is 19.4 Å². The standard InChI is InChI=1S/C21H23N3O4/c1-28-19-8-6-18(7-9-19)24-14-12-23(13-15-24)17-4-2-16(3-5-17)22-20(25)10-11-21(26)27/h2-11H,12-15H2,1H3,(H,22,25)(H,26,27)/b11-10-. The number of nitrogens with one attached hydrogen (secondary N) is 1. The van der Waals surface area contributed by atoms with E-state index in [1.807, 2.05) is 36.4 Å². The molecule has 1 aliphatic rings. The van der Waals surface area contributed by atoms with Gasteiger partial charge in [0.2, 0.25) is 5.91 Å². The summed E-state index contributed by atoms with van der Waals surface area (Å²) in [7, 11) is 1.66. The Balaban J connectivity index is 1.54. The molecule has 0 radical (unpaired) electrons. The Hall–Kier alpha value is -3.48. The lowest BCUT2D eigenvalue weighted by Crippen LogP contribution is -2.46. The number of amides is 1. The Kier molecular flexibility index (Phi) is 6.16. The van der Waals surface area contributed by atoms with Crippen LogP contribution in [0.5, 0.6) is 5.75 Å². The van der Waals surface area contributed by atoms with Crippen LogP contribution in [0.1, 0.15) is 0 Å². The second-order valence-corrected chi connectivity index (χ2v) is 6.38. The monoisotopic (exact) mass is 381 g/mol. The number of rotatable bonds is 6. The number of methoxy groups -OCH3 is 1. The number of carboxylic acid groups (broad SMARTS) is 1. The molecule has 146 valence electrons. The third kappa shape index (κ3) is 5.03. The number of piperazine rings is 1. The minimum absolute atomic E-state index is 0.469. The van der Waals surface area contributed by atoms with Crippen molar-refractivity contribution in [1.29, 1.82) is 0 Å². The fraction of sp³-hybridized carbons (Fsp3) is 0.238. The highest BCUT2D eigenvalue weighted by Crippen LogP contribution is 2.23. The largest absolute Gasteiger partial charge is 0.497 e. The summed E-state index contributed by atoms with van der Waals surface area (Å²) in [5.74, 6) is -0.768. The number of carbonyl (C=O) groups is 2. The van der Waals surface area contributed by atoms with Crippen LogP contribution in [0.15, 0.2) is 60.7 Å². The van der Waals surface area contributed by atoms with Gasteiger partial charge in [-0.05, 0) is 48.5 Å². The predicted octanol–water partition coefficient (Wildman–Crippen LogP) is 2.60. The summed E-state index contributed by atoms with van der Waals surface area (Å²) < 4.78 is 5.21. The first-order valence-corrected chi connectivity index (χ1v) is 9.01. The Morgan fingerprint density at radius 1 is 0.893 bits per heavy atom. The van der Waals surface area contributed by atoms with Gasteiger partial charge in [0.1, 0.15) is 5.75 Å². The molecule has 0 bridgehead atoms. The molecular formula is C21H23N3O4.